The van der Waals surface area contributed by atoms with Crippen molar-refractivity contribution in [2.75, 3.05) is 0 Å². The third-order valence-corrected chi connectivity index (χ3v) is 14.5. The van der Waals surface area contributed by atoms with E-state index in [2.05, 4.69) is 20.8 Å². The van der Waals surface area contributed by atoms with Crippen LogP contribution in [-0.2, 0) is 14.3 Å². The van der Waals surface area contributed by atoms with Crippen LogP contribution in [0.3, 0.4) is 0 Å². The molecule has 45 heavy (non-hydrogen) atoms. The van der Waals surface area contributed by atoms with E-state index in [4.69, 9.17) is 9.47 Å². The van der Waals surface area contributed by atoms with Crippen LogP contribution in [0, 0.1) is 29.4 Å². The topological polar surface area (TPSA) is 55.8 Å². The maximum atomic E-state index is 13.8. The first kappa shape index (κ1) is 34.5. The number of benzene rings is 3. The van der Waals surface area contributed by atoms with Gasteiger partial charge >= 0.3 is 282 Å². The third kappa shape index (κ3) is 9.15. The number of aliphatic hydroxyl groups is 1. The molecule has 6 atom stereocenters. The molecule has 242 valence electrons. The predicted molar refractivity (Wildman–Crippen MR) is 179 cm³/mol. The van der Waals surface area contributed by atoms with Crippen LogP contribution in [0.5, 0.6) is 0 Å². The molecule has 0 spiro atoms. The van der Waals surface area contributed by atoms with Gasteiger partial charge in [-0.25, -0.2) is 0 Å². The second-order valence-electron chi connectivity index (χ2n) is 12.5. The molecule has 1 N–H and O–H groups in total. The molecule has 1 aliphatic carbocycles. The molecule has 4 nitrogen and oxygen atoms in total. The number of ether oxygens (including phenoxy) is 2. The van der Waals surface area contributed by atoms with E-state index < -0.39 is 31.7 Å². The van der Waals surface area contributed by atoms with Gasteiger partial charge in [-0.3, -0.25) is 0 Å². The number of rotatable bonds is 13. The van der Waals surface area contributed by atoms with Gasteiger partial charge in [0.25, 0.3) is 0 Å². The maximum absolute atomic E-state index is 13.8. The van der Waals surface area contributed by atoms with Gasteiger partial charge in [0, 0.05) is 0 Å². The molecule has 0 bridgehead atoms. The second kappa shape index (κ2) is 15.8. The fourth-order valence-corrected chi connectivity index (χ4v) is 11.6. The van der Waals surface area contributed by atoms with Crippen LogP contribution >= 0.6 is 23.5 Å². The number of halogens is 2. The van der Waals surface area contributed by atoms with Crippen LogP contribution in [-0.4, -0.2) is 49.1 Å². The summed E-state index contributed by atoms with van der Waals surface area (Å²) in [6.45, 7) is 6.72. The van der Waals surface area contributed by atoms with Gasteiger partial charge in [-0.15, -0.1) is 0 Å². The van der Waals surface area contributed by atoms with Crippen molar-refractivity contribution < 1.29 is 28.2 Å². The van der Waals surface area contributed by atoms with Gasteiger partial charge < -0.3 is 0 Å². The van der Waals surface area contributed by atoms with Crippen molar-refractivity contribution in [2.24, 2.45) is 17.8 Å². The summed E-state index contributed by atoms with van der Waals surface area (Å²) in [6.07, 6.45) is 2.85. The molecule has 1 unspecified atom stereocenters. The number of thioether (sulfide) groups is 2. The molecule has 5 rings (SSSR count). The average Bonchev–Trinajstić information content (AvgIpc) is 3.33. The summed E-state index contributed by atoms with van der Waals surface area (Å²) in [7, 11) is 0. The summed E-state index contributed by atoms with van der Waals surface area (Å²) < 4.78 is 39.7. The SMILES string of the molecule is CC(C)[C@@H]1CC[C@@H](C)C[C@H]1O[C@H]1CC([Se]c2ccccc2)([C@H](O)CCC(Sc2ccc(F)cc2)Sc2ccc(F)cc2)C(=O)O1. The van der Waals surface area contributed by atoms with Crippen molar-refractivity contribution in [2.45, 2.75) is 96.5 Å². The summed E-state index contributed by atoms with van der Waals surface area (Å²) >= 11 is 2.74. The molecule has 0 amide bonds. The number of aliphatic hydroxyl groups excluding tert-OH is 1. The van der Waals surface area contributed by atoms with Crippen molar-refractivity contribution in [1.29, 1.82) is 0 Å². The van der Waals surface area contributed by atoms with Gasteiger partial charge in [0.1, 0.15) is 0 Å². The number of cyclic esters (lactones) is 1. The van der Waals surface area contributed by atoms with Crippen LogP contribution in [0.15, 0.2) is 88.7 Å². The minimum absolute atomic E-state index is 0.0207. The normalized spacial score (nSPS) is 25.9. The molecular weight excluding hydrogens is 677 g/mol. The van der Waals surface area contributed by atoms with E-state index in [0.29, 0.717) is 37.0 Å². The molecule has 3 aromatic rings. The van der Waals surface area contributed by atoms with Crippen LogP contribution in [0.2, 0.25) is 4.31 Å². The number of carbonyl (C=O) groups is 1. The standard InChI is InChI=1S/C36H42F2O4S2Se/c1-23(2)30-18-9-24(3)21-31(30)41-33-22-36(35(40)42-33,45-29-7-5-4-6-8-29)32(39)19-20-34(43-27-14-10-25(37)11-15-27)44-28-16-12-26(38)13-17-28/h4-8,10-17,23-24,30-34,39H,9,18-22H2,1-3H3/t24-,30+,31-,32-,33-,36?/m1/s1. The molecule has 1 saturated carbocycles. The van der Waals surface area contributed by atoms with Gasteiger partial charge in [0.05, 0.1) is 0 Å². The minimum atomic E-state index is -1.09. The molecule has 2 aliphatic rings. The molecule has 2 fully saturated rings. The van der Waals surface area contributed by atoms with Crippen molar-refractivity contribution >= 4 is 48.9 Å². The zero-order chi connectivity index (χ0) is 32.0. The van der Waals surface area contributed by atoms with E-state index in [1.807, 2.05) is 30.3 Å². The first-order valence-corrected chi connectivity index (χ1v) is 19.2. The van der Waals surface area contributed by atoms with Crippen LogP contribution in [0.4, 0.5) is 8.78 Å². The molecule has 1 aliphatic heterocycles. The molecular formula is C36H42F2O4S2Se. The summed E-state index contributed by atoms with van der Waals surface area (Å²) in [6, 6.07) is 22.5. The van der Waals surface area contributed by atoms with Crippen LogP contribution in [0.25, 0.3) is 0 Å². The van der Waals surface area contributed by atoms with Gasteiger partial charge in [-0.2, -0.15) is 0 Å². The number of hydrogen-bond donors (Lipinski definition) is 1. The van der Waals surface area contributed by atoms with Gasteiger partial charge in [-0.1, -0.05) is 0 Å². The molecule has 0 radical (unpaired) electrons. The van der Waals surface area contributed by atoms with Crippen molar-refractivity contribution in [1.82, 2.24) is 0 Å². The number of carbonyl (C=O) groups excluding carboxylic acids is 1. The van der Waals surface area contributed by atoms with Gasteiger partial charge in [0.15, 0.2) is 0 Å². The fourth-order valence-electron chi connectivity index (χ4n) is 6.25. The van der Waals surface area contributed by atoms with Crippen LogP contribution in [0.1, 0.15) is 59.3 Å². The Kier molecular flexibility index (Phi) is 12.1. The Morgan fingerprint density at radius 1 is 0.933 bits per heavy atom. The van der Waals surface area contributed by atoms with Crippen LogP contribution < -0.4 is 4.46 Å². The van der Waals surface area contributed by atoms with E-state index in [1.165, 1.54) is 30.7 Å². The van der Waals surface area contributed by atoms with Gasteiger partial charge in [-0.05, 0) is 0 Å². The van der Waals surface area contributed by atoms with Crippen molar-refractivity contribution in [3.63, 3.8) is 0 Å². The second-order valence-corrected chi connectivity index (χ2v) is 18.3. The molecule has 1 heterocycles. The first-order valence-electron chi connectivity index (χ1n) is 15.7. The fraction of sp³-hybridized carbons (Fsp3) is 0.472. The van der Waals surface area contributed by atoms with E-state index >= 15 is 0 Å². The van der Waals surface area contributed by atoms with E-state index in [1.54, 1.807) is 47.8 Å². The molecule has 9 heteroatoms. The number of esters is 1. The molecule has 1 saturated heterocycles. The van der Waals surface area contributed by atoms with E-state index in [9.17, 15) is 18.7 Å². The summed E-state index contributed by atoms with van der Waals surface area (Å²) in [5.74, 6) is 0.440. The van der Waals surface area contributed by atoms with E-state index in [0.717, 1.165) is 27.1 Å². The first-order chi connectivity index (χ1) is 21.6. The Labute approximate surface area is 280 Å². The monoisotopic (exact) mass is 720 g/mol. The summed E-state index contributed by atoms with van der Waals surface area (Å²) in [5.41, 5.74) is 0. The molecule has 0 aromatic heterocycles. The quantitative estimate of drug-likeness (QED) is 0.0832. The Bertz CT molecular complexity index is 1330. The van der Waals surface area contributed by atoms with Crippen molar-refractivity contribution in [3.05, 3.63) is 90.5 Å². The Balaban J connectivity index is 1.34. The zero-order valence-electron chi connectivity index (χ0n) is 25.9. The predicted octanol–water partition coefficient (Wildman–Crippen LogP) is 8.26. The van der Waals surface area contributed by atoms with Gasteiger partial charge in [0.2, 0.25) is 0 Å². The van der Waals surface area contributed by atoms with E-state index in [-0.39, 0.29) is 28.3 Å². The zero-order valence-corrected chi connectivity index (χ0v) is 29.3. The Morgan fingerprint density at radius 2 is 1.53 bits per heavy atom. The average molecular weight is 720 g/mol. The summed E-state index contributed by atoms with van der Waals surface area (Å²) in [5, 5.41) is 11.9. The van der Waals surface area contributed by atoms with Crippen molar-refractivity contribution in [3.8, 4) is 0 Å². The Hall–Kier alpha value is -1.87. The Morgan fingerprint density at radius 3 is 2.11 bits per heavy atom. The third-order valence-electron chi connectivity index (χ3n) is 8.76. The molecule has 3 aromatic carbocycles. The number of hydrogen-bond acceptors (Lipinski definition) is 6. The summed E-state index contributed by atoms with van der Waals surface area (Å²) in [4.78, 5) is 15.6.